The van der Waals surface area contributed by atoms with Gasteiger partial charge in [0.15, 0.2) is 5.69 Å². The Morgan fingerprint density at radius 2 is 1.52 bits per heavy atom. The molecule has 122 valence electrons. The van der Waals surface area contributed by atoms with Gasteiger partial charge in [-0.15, -0.1) is 11.3 Å². The normalized spacial score (nSPS) is 13.0. The Morgan fingerprint density at radius 3 is 2.16 bits per heavy atom. The summed E-state index contributed by atoms with van der Waals surface area (Å²) in [6.45, 7) is 0. The number of fused-ring (bicyclic) bond motifs is 1. The molecule has 4 rings (SSSR count). The third-order valence-electron chi connectivity index (χ3n) is 3.73. The van der Waals surface area contributed by atoms with Crippen molar-refractivity contribution in [2.24, 2.45) is 0 Å². The minimum atomic E-state index is -0.852. The van der Waals surface area contributed by atoms with Crippen molar-refractivity contribution in [2.45, 2.75) is 0 Å². The number of carbonyl (C=O) groups is 3. The molecule has 25 heavy (non-hydrogen) atoms. The Balaban J connectivity index is 1.62. The van der Waals surface area contributed by atoms with Crippen molar-refractivity contribution in [1.29, 1.82) is 0 Å². The topological polar surface area (TPSA) is 76.6 Å². The molecular weight excluding hydrogens is 340 g/mol. The Bertz CT molecular complexity index is 962. The van der Waals surface area contributed by atoms with Crippen LogP contribution >= 0.6 is 11.3 Å². The summed E-state index contributed by atoms with van der Waals surface area (Å²) in [5.74, 6) is -2.18. The van der Waals surface area contributed by atoms with E-state index in [1.807, 2.05) is 30.3 Å². The molecule has 1 aromatic heterocycles. The Morgan fingerprint density at radius 1 is 0.920 bits per heavy atom. The van der Waals surface area contributed by atoms with E-state index in [1.54, 1.807) is 12.1 Å². The first-order valence-corrected chi connectivity index (χ1v) is 8.24. The van der Waals surface area contributed by atoms with Crippen LogP contribution in [0.4, 0.5) is 0 Å². The van der Waals surface area contributed by atoms with Crippen LogP contribution < -0.4 is 0 Å². The summed E-state index contributed by atoms with van der Waals surface area (Å²) in [6, 6.07) is 15.5. The molecule has 1 aliphatic heterocycles. The van der Waals surface area contributed by atoms with Crippen LogP contribution in [0.1, 0.15) is 31.2 Å². The molecule has 0 aliphatic carbocycles. The van der Waals surface area contributed by atoms with Crippen LogP contribution in [0.3, 0.4) is 0 Å². The summed E-state index contributed by atoms with van der Waals surface area (Å²) in [5.41, 5.74) is 2.80. The molecule has 0 spiro atoms. The lowest BCUT2D eigenvalue weighted by Crippen LogP contribution is -2.32. The number of aromatic nitrogens is 1. The quantitative estimate of drug-likeness (QED) is 0.678. The van der Waals surface area contributed by atoms with E-state index in [0.29, 0.717) is 9.94 Å². The van der Waals surface area contributed by atoms with Gasteiger partial charge < -0.3 is 4.84 Å². The van der Waals surface area contributed by atoms with E-state index in [9.17, 15) is 14.4 Å². The lowest BCUT2D eigenvalue weighted by Gasteiger charge is -2.12. The van der Waals surface area contributed by atoms with Gasteiger partial charge in [0.1, 0.15) is 0 Å². The third-order valence-corrected chi connectivity index (χ3v) is 4.60. The first-order valence-electron chi connectivity index (χ1n) is 7.36. The van der Waals surface area contributed by atoms with Gasteiger partial charge in [-0.3, -0.25) is 9.59 Å². The molecule has 0 fully saturated rings. The van der Waals surface area contributed by atoms with Crippen LogP contribution in [0.5, 0.6) is 0 Å². The maximum Gasteiger partial charge on any atom is 0.383 e. The summed E-state index contributed by atoms with van der Waals surface area (Å²) >= 11 is 1.28. The largest absolute Gasteiger partial charge is 0.383 e. The zero-order valence-electron chi connectivity index (χ0n) is 12.7. The van der Waals surface area contributed by atoms with Gasteiger partial charge in [-0.25, -0.2) is 9.78 Å². The van der Waals surface area contributed by atoms with E-state index < -0.39 is 17.8 Å². The lowest BCUT2D eigenvalue weighted by molar-refractivity contribution is -0.0587. The number of thiazole rings is 1. The standard InChI is InChI=1S/C18H10N2O4S/c21-16-12-8-4-5-9-13(12)17(22)20(16)24-18(23)14-15(25-10-19-14)11-6-2-1-3-7-11/h1-10H. The van der Waals surface area contributed by atoms with Gasteiger partial charge in [0, 0.05) is 0 Å². The van der Waals surface area contributed by atoms with E-state index in [-0.39, 0.29) is 16.8 Å². The molecule has 0 atom stereocenters. The number of hydrogen-bond acceptors (Lipinski definition) is 6. The second-order valence-electron chi connectivity index (χ2n) is 5.23. The van der Waals surface area contributed by atoms with E-state index in [0.717, 1.165) is 5.56 Å². The molecule has 0 unspecified atom stereocenters. The number of hydrogen-bond donors (Lipinski definition) is 0. The van der Waals surface area contributed by atoms with Crippen LogP contribution in [0.15, 0.2) is 60.1 Å². The number of nitrogens with zero attached hydrogens (tertiary/aromatic N) is 2. The van der Waals surface area contributed by atoms with Crippen molar-refractivity contribution in [3.05, 3.63) is 76.9 Å². The number of hydroxylamine groups is 2. The molecule has 7 heteroatoms. The van der Waals surface area contributed by atoms with Crippen molar-refractivity contribution in [3.8, 4) is 10.4 Å². The van der Waals surface area contributed by atoms with E-state index in [4.69, 9.17) is 4.84 Å². The molecule has 6 nitrogen and oxygen atoms in total. The minimum Gasteiger partial charge on any atom is -0.322 e. The van der Waals surface area contributed by atoms with Crippen LogP contribution in [0.2, 0.25) is 0 Å². The Hall–Kier alpha value is -3.32. The van der Waals surface area contributed by atoms with Crippen molar-refractivity contribution in [2.75, 3.05) is 0 Å². The molecule has 0 saturated heterocycles. The van der Waals surface area contributed by atoms with E-state index in [2.05, 4.69) is 4.98 Å². The second-order valence-corrected chi connectivity index (χ2v) is 6.08. The molecule has 2 aromatic carbocycles. The molecule has 1 aliphatic rings. The smallest absolute Gasteiger partial charge is 0.322 e. The predicted octanol–water partition coefficient (Wildman–Crippen LogP) is 3.18. The summed E-state index contributed by atoms with van der Waals surface area (Å²) < 4.78 is 0. The number of rotatable bonds is 3. The van der Waals surface area contributed by atoms with Crippen LogP contribution in [-0.2, 0) is 4.84 Å². The molecule has 0 bridgehead atoms. The summed E-state index contributed by atoms with van der Waals surface area (Å²) in [4.78, 5) is 46.7. The summed E-state index contributed by atoms with van der Waals surface area (Å²) in [7, 11) is 0. The molecule has 0 saturated carbocycles. The van der Waals surface area contributed by atoms with Gasteiger partial charge in [0.25, 0.3) is 11.8 Å². The molecule has 3 aromatic rings. The molecular formula is C18H10N2O4S. The summed E-state index contributed by atoms with van der Waals surface area (Å²) in [6.07, 6.45) is 0. The average molecular weight is 350 g/mol. The van der Waals surface area contributed by atoms with Gasteiger partial charge in [0.05, 0.1) is 21.5 Å². The van der Waals surface area contributed by atoms with Crippen molar-refractivity contribution in [1.82, 2.24) is 10.0 Å². The molecule has 0 N–H and O–H groups in total. The highest BCUT2D eigenvalue weighted by atomic mass is 32.1. The number of carbonyl (C=O) groups excluding carboxylic acids is 3. The third kappa shape index (κ3) is 2.50. The number of benzene rings is 2. The predicted molar refractivity (Wildman–Crippen MR) is 89.9 cm³/mol. The van der Waals surface area contributed by atoms with Crippen molar-refractivity contribution >= 4 is 29.1 Å². The summed E-state index contributed by atoms with van der Waals surface area (Å²) in [5, 5.41) is 0.487. The maximum absolute atomic E-state index is 12.5. The average Bonchev–Trinajstić information content (AvgIpc) is 3.23. The minimum absolute atomic E-state index is 0.0627. The van der Waals surface area contributed by atoms with Crippen molar-refractivity contribution in [3.63, 3.8) is 0 Å². The zero-order chi connectivity index (χ0) is 17.4. The van der Waals surface area contributed by atoms with Crippen LogP contribution in [-0.4, -0.2) is 27.8 Å². The van der Waals surface area contributed by atoms with E-state index >= 15 is 0 Å². The first-order chi connectivity index (χ1) is 12.2. The maximum atomic E-state index is 12.5. The van der Waals surface area contributed by atoms with Gasteiger partial charge in [-0.1, -0.05) is 47.5 Å². The van der Waals surface area contributed by atoms with Crippen molar-refractivity contribution < 1.29 is 19.2 Å². The lowest BCUT2D eigenvalue weighted by atomic mass is 10.1. The highest BCUT2D eigenvalue weighted by molar-refractivity contribution is 7.13. The fourth-order valence-electron chi connectivity index (χ4n) is 2.56. The molecule has 0 radical (unpaired) electrons. The Labute approximate surface area is 146 Å². The number of amides is 2. The highest BCUT2D eigenvalue weighted by Gasteiger charge is 2.39. The van der Waals surface area contributed by atoms with Crippen LogP contribution in [0, 0.1) is 0 Å². The monoisotopic (exact) mass is 350 g/mol. The van der Waals surface area contributed by atoms with Crippen LogP contribution in [0.25, 0.3) is 10.4 Å². The fraction of sp³-hybridized carbons (Fsp3) is 0. The van der Waals surface area contributed by atoms with E-state index in [1.165, 1.54) is 29.0 Å². The fourth-order valence-corrected chi connectivity index (χ4v) is 3.35. The first kappa shape index (κ1) is 15.2. The second kappa shape index (κ2) is 5.95. The molecule has 2 amide bonds. The Kier molecular flexibility index (Phi) is 3.62. The van der Waals surface area contributed by atoms with Gasteiger partial charge in [-0.2, -0.15) is 0 Å². The zero-order valence-corrected chi connectivity index (χ0v) is 13.5. The van der Waals surface area contributed by atoms with Gasteiger partial charge in [0.2, 0.25) is 0 Å². The van der Waals surface area contributed by atoms with Gasteiger partial charge in [-0.05, 0) is 17.7 Å². The number of imide groups is 1. The molecule has 2 heterocycles. The highest BCUT2D eigenvalue weighted by Crippen LogP contribution is 2.29. The van der Waals surface area contributed by atoms with Gasteiger partial charge >= 0.3 is 5.97 Å². The SMILES string of the molecule is O=C(ON1C(=O)c2ccccc2C1=O)c1ncsc1-c1ccccc1.